The van der Waals surface area contributed by atoms with E-state index in [1.165, 1.54) is 74.8 Å². The van der Waals surface area contributed by atoms with Crippen LogP contribution < -0.4 is 14.5 Å². The van der Waals surface area contributed by atoms with Crippen LogP contribution in [0.25, 0.3) is 0 Å². The zero-order valence-corrected chi connectivity index (χ0v) is 21.6. The summed E-state index contributed by atoms with van der Waals surface area (Å²) in [7, 11) is -3.24. The lowest BCUT2D eigenvalue weighted by atomic mass is 10.1. The molecule has 14 heteroatoms. The standard InChI is InChI=1S/C24H21ClN4O8S/c1-15-3-9-19(12-20(15)29(33)34)38(35,36)28(21-11-18(25)8-10-22(21)37-2)14-23(30)27-26-13-16-4-6-17(7-5-16)24(31)32/h3-13H,14H2,1-2H3,(H,27,30)(H,31,32)/b26-13-. The summed E-state index contributed by atoms with van der Waals surface area (Å²) >= 11 is 6.09. The molecule has 3 aromatic rings. The van der Waals surface area contributed by atoms with Crippen LogP contribution >= 0.6 is 11.6 Å². The van der Waals surface area contributed by atoms with E-state index in [1.54, 1.807) is 0 Å². The Balaban J connectivity index is 1.95. The lowest BCUT2D eigenvalue weighted by Crippen LogP contribution is -2.39. The zero-order valence-electron chi connectivity index (χ0n) is 20.0. The molecule has 198 valence electrons. The molecule has 0 heterocycles. The maximum atomic E-state index is 13.7. The number of methoxy groups -OCH3 is 1. The van der Waals surface area contributed by atoms with Gasteiger partial charge in [0, 0.05) is 16.7 Å². The van der Waals surface area contributed by atoms with Crippen LogP contribution in [0.3, 0.4) is 0 Å². The number of nitro groups is 1. The number of aryl methyl sites for hydroxylation is 1. The van der Waals surface area contributed by atoms with Gasteiger partial charge in [-0.2, -0.15) is 5.10 Å². The molecule has 12 nitrogen and oxygen atoms in total. The summed E-state index contributed by atoms with van der Waals surface area (Å²) in [6.07, 6.45) is 1.24. The molecule has 3 rings (SSSR count). The van der Waals surface area contributed by atoms with E-state index in [1.807, 2.05) is 0 Å². The molecule has 0 aromatic heterocycles. The second-order valence-electron chi connectivity index (χ2n) is 7.75. The average molecular weight is 561 g/mol. The summed E-state index contributed by atoms with van der Waals surface area (Å²) in [5.74, 6) is -1.87. The van der Waals surface area contributed by atoms with Crippen molar-refractivity contribution < 1.29 is 32.8 Å². The average Bonchev–Trinajstić information content (AvgIpc) is 2.87. The fourth-order valence-corrected chi connectivity index (χ4v) is 4.90. The molecule has 0 radical (unpaired) electrons. The summed E-state index contributed by atoms with van der Waals surface area (Å²) in [5, 5.41) is 24.3. The van der Waals surface area contributed by atoms with Crippen LogP contribution in [-0.2, 0) is 14.8 Å². The predicted molar refractivity (Wildman–Crippen MR) is 140 cm³/mol. The van der Waals surface area contributed by atoms with Crippen molar-refractivity contribution in [3.63, 3.8) is 0 Å². The fraction of sp³-hybridized carbons (Fsp3) is 0.125. The molecule has 0 aliphatic rings. The quantitative estimate of drug-likeness (QED) is 0.215. The Bertz CT molecular complexity index is 1520. The number of halogens is 1. The molecule has 38 heavy (non-hydrogen) atoms. The number of nitro benzene ring substituents is 1. The first-order chi connectivity index (χ1) is 17.9. The van der Waals surface area contributed by atoms with Crippen molar-refractivity contribution in [3.05, 3.63) is 92.5 Å². The van der Waals surface area contributed by atoms with E-state index < -0.39 is 44.0 Å². The third-order valence-electron chi connectivity index (χ3n) is 5.22. The fourth-order valence-electron chi connectivity index (χ4n) is 3.29. The van der Waals surface area contributed by atoms with E-state index in [0.717, 1.165) is 6.07 Å². The summed E-state index contributed by atoms with van der Waals surface area (Å²) < 4.78 is 33.3. The van der Waals surface area contributed by atoms with Crippen LogP contribution in [-0.4, -0.2) is 50.2 Å². The van der Waals surface area contributed by atoms with Gasteiger partial charge >= 0.3 is 5.97 Å². The van der Waals surface area contributed by atoms with Crippen molar-refractivity contribution in [3.8, 4) is 5.75 Å². The maximum Gasteiger partial charge on any atom is 0.335 e. The van der Waals surface area contributed by atoms with Gasteiger partial charge in [-0.1, -0.05) is 29.8 Å². The van der Waals surface area contributed by atoms with Crippen LogP contribution in [0.15, 0.2) is 70.7 Å². The number of rotatable bonds is 10. The Kier molecular flexibility index (Phi) is 8.65. The monoisotopic (exact) mass is 560 g/mol. The normalized spacial score (nSPS) is 11.2. The number of sulfonamides is 1. The maximum absolute atomic E-state index is 13.7. The Morgan fingerprint density at radius 2 is 1.84 bits per heavy atom. The van der Waals surface area contributed by atoms with E-state index in [4.69, 9.17) is 21.4 Å². The lowest BCUT2D eigenvalue weighted by Gasteiger charge is -2.25. The number of hydrazone groups is 1. The minimum Gasteiger partial charge on any atom is -0.495 e. The molecule has 2 N–H and O–H groups in total. The molecule has 0 unspecified atom stereocenters. The van der Waals surface area contributed by atoms with Gasteiger partial charge in [-0.15, -0.1) is 0 Å². The van der Waals surface area contributed by atoms with Crippen LogP contribution in [0.1, 0.15) is 21.5 Å². The molecule has 0 saturated carbocycles. The molecule has 0 bridgehead atoms. The SMILES string of the molecule is COc1ccc(Cl)cc1N(CC(=O)N/N=C\c1ccc(C(=O)O)cc1)S(=O)(=O)c1ccc(C)c([N+](=O)[O-])c1. The Morgan fingerprint density at radius 3 is 2.45 bits per heavy atom. The number of carboxylic acid groups (broad SMARTS) is 1. The number of carbonyl (C=O) groups is 2. The van der Waals surface area contributed by atoms with E-state index in [9.17, 15) is 28.1 Å². The summed E-state index contributed by atoms with van der Waals surface area (Å²) in [5.41, 5.74) is 2.52. The Hall–Kier alpha value is -4.49. The van der Waals surface area contributed by atoms with Crippen LogP contribution in [0.5, 0.6) is 5.75 Å². The zero-order chi connectivity index (χ0) is 28.0. The number of hydrogen-bond donors (Lipinski definition) is 2. The molecule has 0 fully saturated rings. The van der Waals surface area contributed by atoms with Crippen molar-refractivity contribution >= 4 is 51.1 Å². The molecular formula is C24H21ClN4O8S. The molecule has 0 spiro atoms. The van der Waals surface area contributed by atoms with Crippen molar-refractivity contribution in [2.75, 3.05) is 18.0 Å². The molecule has 0 saturated heterocycles. The molecule has 3 aromatic carbocycles. The number of hydrogen-bond acceptors (Lipinski definition) is 8. The van der Waals surface area contributed by atoms with Crippen LogP contribution in [0.4, 0.5) is 11.4 Å². The molecule has 0 aliphatic carbocycles. The van der Waals surface area contributed by atoms with E-state index in [-0.39, 0.29) is 27.6 Å². The highest BCUT2D eigenvalue weighted by Gasteiger charge is 2.31. The Morgan fingerprint density at radius 1 is 1.16 bits per heavy atom. The van der Waals surface area contributed by atoms with Gasteiger partial charge in [0.05, 0.1) is 34.4 Å². The largest absolute Gasteiger partial charge is 0.495 e. The number of carboxylic acids is 1. The molecule has 0 atom stereocenters. The van der Waals surface area contributed by atoms with Crippen LogP contribution in [0, 0.1) is 17.0 Å². The van der Waals surface area contributed by atoms with Crippen molar-refractivity contribution in [1.29, 1.82) is 0 Å². The Labute approximate surface area is 222 Å². The number of nitrogens with zero attached hydrogens (tertiary/aromatic N) is 3. The van der Waals surface area contributed by atoms with Gasteiger partial charge in [-0.05, 0) is 48.9 Å². The minimum atomic E-state index is -4.54. The molecule has 1 amide bonds. The van der Waals surface area contributed by atoms with Crippen molar-refractivity contribution in [1.82, 2.24) is 5.43 Å². The number of anilines is 1. The van der Waals surface area contributed by atoms with Gasteiger partial charge in [0.1, 0.15) is 12.3 Å². The number of amides is 1. The van der Waals surface area contributed by atoms with E-state index >= 15 is 0 Å². The van der Waals surface area contributed by atoms with Gasteiger partial charge < -0.3 is 9.84 Å². The van der Waals surface area contributed by atoms with Crippen molar-refractivity contribution in [2.45, 2.75) is 11.8 Å². The number of aromatic carboxylic acids is 1. The smallest absolute Gasteiger partial charge is 0.335 e. The number of carbonyl (C=O) groups excluding carboxylic acids is 1. The van der Waals surface area contributed by atoms with Gasteiger partial charge in [0.2, 0.25) is 0 Å². The van der Waals surface area contributed by atoms with Gasteiger partial charge in [-0.3, -0.25) is 19.2 Å². The highest BCUT2D eigenvalue weighted by atomic mass is 35.5. The minimum absolute atomic E-state index is 0.0684. The van der Waals surface area contributed by atoms with Crippen molar-refractivity contribution in [2.24, 2.45) is 5.10 Å². The van der Waals surface area contributed by atoms with Gasteiger partial charge in [-0.25, -0.2) is 18.6 Å². The second-order valence-corrected chi connectivity index (χ2v) is 10.1. The predicted octanol–water partition coefficient (Wildman–Crippen LogP) is 3.61. The first-order valence-corrected chi connectivity index (χ1v) is 12.5. The number of nitrogens with one attached hydrogen (secondary N) is 1. The molecule has 0 aliphatic heterocycles. The number of benzene rings is 3. The second kappa shape index (κ2) is 11.7. The highest BCUT2D eigenvalue weighted by molar-refractivity contribution is 7.92. The summed E-state index contributed by atoms with van der Waals surface area (Å²) in [6, 6.07) is 13.2. The highest BCUT2D eigenvalue weighted by Crippen LogP contribution is 2.35. The van der Waals surface area contributed by atoms with Gasteiger partial charge in [0.15, 0.2) is 0 Å². The third kappa shape index (κ3) is 6.44. The third-order valence-corrected chi connectivity index (χ3v) is 7.21. The van der Waals surface area contributed by atoms with Gasteiger partial charge in [0.25, 0.3) is 21.6 Å². The topological polar surface area (TPSA) is 169 Å². The lowest BCUT2D eigenvalue weighted by molar-refractivity contribution is -0.385. The van der Waals surface area contributed by atoms with E-state index in [0.29, 0.717) is 9.87 Å². The first-order valence-electron chi connectivity index (χ1n) is 10.7. The summed E-state index contributed by atoms with van der Waals surface area (Å²) in [6.45, 7) is 0.683. The first kappa shape index (κ1) is 28.1. The molecular weight excluding hydrogens is 540 g/mol. The van der Waals surface area contributed by atoms with E-state index in [2.05, 4.69) is 10.5 Å². The van der Waals surface area contributed by atoms with Crippen LogP contribution in [0.2, 0.25) is 5.02 Å². The summed E-state index contributed by atoms with van der Waals surface area (Å²) in [4.78, 5) is 34.0. The number of ether oxygens (including phenoxy) is 1.